The summed E-state index contributed by atoms with van der Waals surface area (Å²) in [6.07, 6.45) is 3.57. The smallest absolute Gasteiger partial charge is 0.213 e. The Morgan fingerprint density at radius 1 is 1.00 bits per heavy atom. The maximum atomic E-state index is 14.0. The van der Waals surface area contributed by atoms with Crippen molar-refractivity contribution in [2.75, 3.05) is 7.11 Å². The molecule has 4 rings (SSSR count). The van der Waals surface area contributed by atoms with Crippen molar-refractivity contribution in [1.29, 1.82) is 0 Å². The molecule has 1 N–H and O–H groups in total. The van der Waals surface area contributed by atoms with Crippen LogP contribution in [0.25, 0.3) is 33.4 Å². The number of H-pyrrole nitrogens is 1. The van der Waals surface area contributed by atoms with Crippen LogP contribution in [-0.4, -0.2) is 22.1 Å². The van der Waals surface area contributed by atoms with Crippen LogP contribution in [0.4, 0.5) is 4.39 Å². The van der Waals surface area contributed by atoms with E-state index in [1.54, 1.807) is 31.6 Å². The first-order valence-corrected chi connectivity index (χ1v) is 7.90. The molecular formula is C20H16FN3O. The molecule has 0 aliphatic carbocycles. The van der Waals surface area contributed by atoms with E-state index in [9.17, 15) is 4.39 Å². The van der Waals surface area contributed by atoms with Gasteiger partial charge in [-0.25, -0.2) is 14.4 Å². The Morgan fingerprint density at radius 2 is 1.84 bits per heavy atom. The second-order valence-electron chi connectivity index (χ2n) is 5.87. The molecule has 0 unspecified atom stereocenters. The lowest BCUT2D eigenvalue weighted by Crippen LogP contribution is -1.91. The summed E-state index contributed by atoms with van der Waals surface area (Å²) in [5.74, 6) is 0.322. The quantitative estimate of drug-likeness (QED) is 0.589. The summed E-state index contributed by atoms with van der Waals surface area (Å²) in [5.41, 5.74) is 4.97. The minimum absolute atomic E-state index is 0.260. The molecule has 124 valence electrons. The van der Waals surface area contributed by atoms with E-state index in [2.05, 4.69) is 15.0 Å². The number of aryl methyl sites for hydroxylation is 1. The highest BCUT2D eigenvalue weighted by molar-refractivity contribution is 5.87. The third-order valence-electron chi connectivity index (χ3n) is 4.24. The highest BCUT2D eigenvalue weighted by Crippen LogP contribution is 2.30. The van der Waals surface area contributed by atoms with Crippen LogP contribution in [-0.2, 0) is 0 Å². The van der Waals surface area contributed by atoms with Gasteiger partial charge in [-0.1, -0.05) is 12.1 Å². The van der Waals surface area contributed by atoms with Crippen LogP contribution in [0.2, 0.25) is 0 Å². The monoisotopic (exact) mass is 333 g/mol. The highest BCUT2D eigenvalue weighted by atomic mass is 19.1. The summed E-state index contributed by atoms with van der Waals surface area (Å²) in [6.45, 7) is 2.01. The maximum Gasteiger partial charge on any atom is 0.213 e. The van der Waals surface area contributed by atoms with Gasteiger partial charge < -0.3 is 9.72 Å². The Kier molecular flexibility index (Phi) is 3.69. The minimum Gasteiger partial charge on any atom is -0.481 e. The van der Waals surface area contributed by atoms with Crippen molar-refractivity contribution < 1.29 is 9.13 Å². The van der Waals surface area contributed by atoms with Crippen LogP contribution in [0.5, 0.6) is 5.88 Å². The van der Waals surface area contributed by atoms with Gasteiger partial charge in [-0.3, -0.25) is 0 Å². The molecule has 5 heteroatoms. The third kappa shape index (κ3) is 2.74. The molecule has 0 radical (unpaired) electrons. The molecule has 0 saturated heterocycles. The number of aromatic amines is 1. The van der Waals surface area contributed by atoms with E-state index < -0.39 is 0 Å². The van der Waals surface area contributed by atoms with Gasteiger partial charge in [-0.2, -0.15) is 0 Å². The number of hydrogen-bond donors (Lipinski definition) is 1. The van der Waals surface area contributed by atoms with E-state index in [0.717, 1.165) is 27.7 Å². The molecule has 4 aromatic rings. The van der Waals surface area contributed by atoms with E-state index in [-0.39, 0.29) is 5.82 Å². The second-order valence-corrected chi connectivity index (χ2v) is 5.87. The van der Waals surface area contributed by atoms with Gasteiger partial charge in [0, 0.05) is 40.5 Å². The van der Waals surface area contributed by atoms with Gasteiger partial charge in [0.1, 0.15) is 11.5 Å². The van der Waals surface area contributed by atoms with Crippen LogP contribution in [0.3, 0.4) is 0 Å². The molecule has 3 heterocycles. The van der Waals surface area contributed by atoms with E-state index >= 15 is 0 Å². The number of aromatic nitrogens is 3. The molecule has 0 amide bonds. The van der Waals surface area contributed by atoms with Gasteiger partial charge in [-0.15, -0.1) is 0 Å². The Hall–Kier alpha value is -3.21. The molecule has 0 atom stereocenters. The van der Waals surface area contributed by atoms with E-state index in [1.807, 2.05) is 31.2 Å². The van der Waals surface area contributed by atoms with Crippen molar-refractivity contribution in [2.24, 2.45) is 0 Å². The van der Waals surface area contributed by atoms with Crippen LogP contribution in [0, 0.1) is 12.7 Å². The number of fused-ring (bicyclic) bond motifs is 1. The number of pyridine rings is 2. The number of hydrogen-bond acceptors (Lipinski definition) is 3. The first-order chi connectivity index (χ1) is 12.2. The number of benzene rings is 1. The van der Waals surface area contributed by atoms with E-state index in [4.69, 9.17) is 4.74 Å². The van der Waals surface area contributed by atoms with Crippen molar-refractivity contribution in [3.63, 3.8) is 0 Å². The number of methoxy groups -OCH3 is 1. The summed E-state index contributed by atoms with van der Waals surface area (Å²) < 4.78 is 19.2. The SMILES string of the molecule is COc1cc(C)c(-c2cnc3[nH]c(-c4ccccc4F)cc3c2)cn1. The van der Waals surface area contributed by atoms with Gasteiger partial charge in [0.25, 0.3) is 0 Å². The zero-order chi connectivity index (χ0) is 17.4. The summed E-state index contributed by atoms with van der Waals surface area (Å²) >= 11 is 0. The molecule has 25 heavy (non-hydrogen) atoms. The van der Waals surface area contributed by atoms with Gasteiger partial charge in [0.15, 0.2) is 0 Å². The lowest BCUT2D eigenvalue weighted by atomic mass is 10.0. The van der Waals surface area contributed by atoms with Crippen molar-refractivity contribution in [2.45, 2.75) is 6.92 Å². The fraction of sp³-hybridized carbons (Fsp3) is 0.100. The molecule has 0 bridgehead atoms. The normalized spacial score (nSPS) is 11.0. The highest BCUT2D eigenvalue weighted by Gasteiger charge is 2.11. The molecule has 1 aromatic carbocycles. The number of halogens is 1. The van der Waals surface area contributed by atoms with E-state index in [1.165, 1.54) is 6.07 Å². The lowest BCUT2D eigenvalue weighted by Gasteiger charge is -2.07. The molecule has 0 fully saturated rings. The minimum atomic E-state index is -0.260. The lowest BCUT2D eigenvalue weighted by molar-refractivity contribution is 0.397. The van der Waals surface area contributed by atoms with Gasteiger partial charge in [-0.05, 0) is 36.8 Å². The maximum absolute atomic E-state index is 14.0. The zero-order valence-electron chi connectivity index (χ0n) is 13.9. The van der Waals surface area contributed by atoms with Crippen LogP contribution in [0.15, 0.2) is 54.9 Å². The van der Waals surface area contributed by atoms with Crippen molar-refractivity contribution >= 4 is 11.0 Å². The third-order valence-corrected chi connectivity index (χ3v) is 4.24. The Balaban J connectivity index is 1.80. The molecule has 0 saturated carbocycles. The number of nitrogens with one attached hydrogen (secondary N) is 1. The first kappa shape index (κ1) is 15.3. The summed E-state index contributed by atoms with van der Waals surface area (Å²) in [6, 6.07) is 12.5. The average molecular weight is 333 g/mol. The number of ether oxygens (including phenoxy) is 1. The Labute approximate surface area is 144 Å². The molecule has 0 spiro atoms. The summed E-state index contributed by atoms with van der Waals surface area (Å²) in [5, 5.41) is 0.922. The Bertz CT molecular complexity index is 1070. The number of rotatable bonds is 3. The standard InChI is InChI=1S/C20H16FN3O/c1-12-7-19(25-2)22-11-16(12)14-8-13-9-18(24-20(13)23-10-14)15-5-3-4-6-17(15)21/h3-11H,1-2H3,(H,23,24). The predicted octanol–water partition coefficient (Wildman–Crippen LogP) is 4.75. The van der Waals surface area contributed by atoms with Crippen LogP contribution in [0.1, 0.15) is 5.56 Å². The van der Waals surface area contributed by atoms with Crippen LogP contribution >= 0.6 is 0 Å². The zero-order valence-corrected chi connectivity index (χ0v) is 13.9. The van der Waals surface area contributed by atoms with Gasteiger partial charge in [0.05, 0.1) is 12.8 Å². The second kappa shape index (κ2) is 6.02. The molecule has 3 aromatic heterocycles. The molecule has 0 aliphatic heterocycles. The van der Waals surface area contributed by atoms with Crippen molar-refractivity contribution in [3.8, 4) is 28.3 Å². The predicted molar refractivity (Wildman–Crippen MR) is 96.0 cm³/mol. The van der Waals surface area contributed by atoms with Crippen molar-refractivity contribution in [3.05, 3.63) is 66.2 Å². The van der Waals surface area contributed by atoms with Gasteiger partial charge >= 0.3 is 0 Å². The summed E-state index contributed by atoms with van der Waals surface area (Å²) in [7, 11) is 1.60. The average Bonchev–Trinajstić information content (AvgIpc) is 3.04. The first-order valence-electron chi connectivity index (χ1n) is 7.90. The fourth-order valence-electron chi connectivity index (χ4n) is 2.93. The largest absolute Gasteiger partial charge is 0.481 e. The van der Waals surface area contributed by atoms with Crippen molar-refractivity contribution in [1.82, 2.24) is 15.0 Å². The Morgan fingerprint density at radius 3 is 2.60 bits per heavy atom. The summed E-state index contributed by atoms with van der Waals surface area (Å²) in [4.78, 5) is 11.9. The topological polar surface area (TPSA) is 50.8 Å². The van der Waals surface area contributed by atoms with Gasteiger partial charge in [0.2, 0.25) is 5.88 Å². The molecule has 0 aliphatic rings. The molecular weight excluding hydrogens is 317 g/mol. The number of nitrogens with zero attached hydrogens (tertiary/aromatic N) is 2. The fourth-order valence-corrected chi connectivity index (χ4v) is 2.93. The van der Waals surface area contributed by atoms with Crippen LogP contribution < -0.4 is 4.74 Å². The van der Waals surface area contributed by atoms with E-state index in [0.29, 0.717) is 17.1 Å². The molecule has 4 nitrogen and oxygen atoms in total.